The SMILES string of the molecule is CC(F)(F)COC(=O)C12CC3CC(C1)C1(OCC(COC(=O)C45CC6CC(CC(C6)C4)C5)O1)C(C3)C2. The summed E-state index contributed by atoms with van der Waals surface area (Å²) in [6.07, 6.45) is 10.1. The van der Waals surface area contributed by atoms with Crippen molar-refractivity contribution in [3.8, 4) is 0 Å². The fourth-order valence-corrected chi connectivity index (χ4v) is 10.3. The second kappa shape index (κ2) is 7.87. The Morgan fingerprint density at radius 3 is 1.86 bits per heavy atom. The van der Waals surface area contributed by atoms with Gasteiger partial charge in [0.05, 0.1) is 17.4 Å². The molecule has 6 nitrogen and oxygen atoms in total. The van der Waals surface area contributed by atoms with Crippen LogP contribution < -0.4 is 0 Å². The third-order valence-electron chi connectivity index (χ3n) is 10.9. The van der Waals surface area contributed by atoms with Crippen molar-refractivity contribution in [2.45, 2.75) is 95.4 Å². The first-order valence-corrected chi connectivity index (χ1v) is 14.1. The van der Waals surface area contributed by atoms with Gasteiger partial charge in [0.15, 0.2) is 12.4 Å². The monoisotopic (exact) mass is 508 g/mol. The highest BCUT2D eigenvalue weighted by atomic mass is 19.3. The highest BCUT2D eigenvalue weighted by Crippen LogP contribution is 2.66. The van der Waals surface area contributed by atoms with Crippen LogP contribution >= 0.6 is 0 Å². The number of hydrogen-bond acceptors (Lipinski definition) is 6. The molecule has 0 aromatic heterocycles. The average Bonchev–Trinajstić information content (AvgIpc) is 3.23. The minimum atomic E-state index is -3.03. The second-order valence-corrected chi connectivity index (χ2v) is 13.8. The molecule has 36 heavy (non-hydrogen) atoms. The third-order valence-corrected chi connectivity index (χ3v) is 10.9. The van der Waals surface area contributed by atoms with Gasteiger partial charge in [-0.3, -0.25) is 9.59 Å². The molecule has 0 aromatic carbocycles. The van der Waals surface area contributed by atoms with Crippen molar-refractivity contribution in [2.75, 3.05) is 19.8 Å². The van der Waals surface area contributed by atoms with E-state index < -0.39 is 29.7 Å². The van der Waals surface area contributed by atoms with Gasteiger partial charge in [0.25, 0.3) is 5.92 Å². The van der Waals surface area contributed by atoms with E-state index in [0.29, 0.717) is 49.5 Å². The van der Waals surface area contributed by atoms with Crippen molar-refractivity contribution < 1.29 is 37.3 Å². The van der Waals surface area contributed by atoms with Crippen LogP contribution in [-0.2, 0) is 28.5 Å². The predicted molar refractivity (Wildman–Crippen MR) is 123 cm³/mol. The van der Waals surface area contributed by atoms with Crippen molar-refractivity contribution in [1.29, 1.82) is 0 Å². The van der Waals surface area contributed by atoms with Gasteiger partial charge in [0.1, 0.15) is 12.7 Å². The van der Waals surface area contributed by atoms with Gasteiger partial charge in [0.2, 0.25) is 0 Å². The molecule has 3 unspecified atom stereocenters. The van der Waals surface area contributed by atoms with Gasteiger partial charge in [-0.1, -0.05) is 0 Å². The van der Waals surface area contributed by atoms with Crippen LogP contribution in [0, 0.1) is 46.3 Å². The summed E-state index contributed by atoms with van der Waals surface area (Å²) in [4.78, 5) is 26.2. The highest BCUT2D eigenvalue weighted by Gasteiger charge is 2.68. The van der Waals surface area contributed by atoms with E-state index in [0.717, 1.165) is 39.0 Å². The van der Waals surface area contributed by atoms with Crippen molar-refractivity contribution in [3.63, 3.8) is 0 Å². The first-order chi connectivity index (χ1) is 17.1. The lowest BCUT2D eigenvalue weighted by Crippen LogP contribution is -2.63. The topological polar surface area (TPSA) is 71.1 Å². The lowest BCUT2D eigenvalue weighted by atomic mass is 9.47. The van der Waals surface area contributed by atoms with Gasteiger partial charge < -0.3 is 18.9 Å². The Morgan fingerprint density at radius 2 is 1.31 bits per heavy atom. The van der Waals surface area contributed by atoms with E-state index in [4.69, 9.17) is 18.9 Å². The van der Waals surface area contributed by atoms with Crippen molar-refractivity contribution in [2.24, 2.45) is 46.3 Å². The van der Waals surface area contributed by atoms with E-state index in [-0.39, 0.29) is 35.9 Å². The Kier molecular flexibility index (Phi) is 5.21. The van der Waals surface area contributed by atoms with E-state index in [1.54, 1.807) is 0 Å². The van der Waals surface area contributed by atoms with Crippen molar-refractivity contribution in [3.05, 3.63) is 0 Å². The molecular formula is C28H38F2O6. The van der Waals surface area contributed by atoms with Gasteiger partial charge in [-0.2, -0.15) is 0 Å². The van der Waals surface area contributed by atoms with E-state index in [1.165, 1.54) is 19.3 Å². The molecule has 1 aliphatic heterocycles. The normalized spacial score (nSPS) is 50.1. The van der Waals surface area contributed by atoms with E-state index in [1.807, 2.05) is 0 Å². The Labute approximate surface area is 211 Å². The summed E-state index contributed by atoms with van der Waals surface area (Å²) < 4.78 is 50.6. The smallest absolute Gasteiger partial charge is 0.312 e. The molecule has 0 N–H and O–H groups in total. The molecule has 1 spiro atoms. The molecule has 0 aromatic rings. The molecule has 8 bridgehead atoms. The third kappa shape index (κ3) is 3.67. The number of ether oxygens (including phenoxy) is 4. The maximum atomic E-state index is 13.3. The summed E-state index contributed by atoms with van der Waals surface area (Å²) in [5.74, 6) is -1.82. The molecule has 9 rings (SSSR count). The van der Waals surface area contributed by atoms with Crippen molar-refractivity contribution >= 4 is 11.9 Å². The number of carbonyl (C=O) groups excluding carboxylic acids is 2. The van der Waals surface area contributed by atoms with Crippen LogP contribution in [-0.4, -0.2) is 49.6 Å². The minimum Gasteiger partial charge on any atom is -0.462 e. The molecule has 1 heterocycles. The molecule has 0 radical (unpaired) electrons. The number of hydrogen-bond donors (Lipinski definition) is 0. The lowest BCUT2D eigenvalue weighted by Gasteiger charge is -2.61. The Balaban J connectivity index is 0.992. The van der Waals surface area contributed by atoms with Gasteiger partial charge >= 0.3 is 11.9 Å². The average molecular weight is 509 g/mol. The van der Waals surface area contributed by atoms with Gasteiger partial charge in [-0.05, 0) is 94.3 Å². The van der Waals surface area contributed by atoms with Crippen LogP contribution in [0.4, 0.5) is 8.78 Å². The molecule has 9 fully saturated rings. The zero-order valence-corrected chi connectivity index (χ0v) is 21.1. The van der Waals surface area contributed by atoms with Crippen LogP contribution in [0.5, 0.6) is 0 Å². The molecule has 0 amide bonds. The number of esters is 2. The zero-order valence-electron chi connectivity index (χ0n) is 21.1. The van der Waals surface area contributed by atoms with E-state index >= 15 is 0 Å². The number of rotatable bonds is 6. The van der Waals surface area contributed by atoms with Gasteiger partial charge in [0, 0.05) is 18.8 Å². The second-order valence-electron chi connectivity index (χ2n) is 13.8. The fourth-order valence-electron chi connectivity index (χ4n) is 10.3. The zero-order chi connectivity index (χ0) is 24.9. The summed E-state index contributed by atoms with van der Waals surface area (Å²) in [6, 6.07) is 0. The summed E-state index contributed by atoms with van der Waals surface area (Å²) >= 11 is 0. The Hall–Kier alpha value is -1.28. The lowest BCUT2D eigenvalue weighted by molar-refractivity contribution is -0.308. The largest absolute Gasteiger partial charge is 0.462 e. The Morgan fingerprint density at radius 1 is 0.806 bits per heavy atom. The Bertz CT molecular complexity index is 892. The summed E-state index contributed by atoms with van der Waals surface area (Å²) in [5.41, 5.74) is -0.987. The van der Waals surface area contributed by atoms with Crippen LogP contribution in [0.1, 0.15) is 77.6 Å². The first-order valence-electron chi connectivity index (χ1n) is 14.1. The molecule has 200 valence electrons. The molecule has 8 heteroatoms. The van der Waals surface area contributed by atoms with E-state index in [9.17, 15) is 18.4 Å². The molecular weight excluding hydrogens is 470 g/mol. The van der Waals surface area contributed by atoms with Crippen LogP contribution in [0.15, 0.2) is 0 Å². The molecule has 8 saturated carbocycles. The standard InChI is InChI=1S/C28H38F2O6/c1-25(29,30)15-34-24(32)27-10-19-5-20(11-27)28(21(6-19)12-27)35-14-22(36-28)13-33-23(31)26-7-16-2-17(8-26)4-18(3-16)9-26/h16-22H,2-15H2,1H3. The number of halogens is 2. The number of alkyl halides is 2. The maximum absolute atomic E-state index is 13.3. The van der Waals surface area contributed by atoms with Gasteiger partial charge in [-0.25, -0.2) is 8.78 Å². The fraction of sp³-hybridized carbons (Fsp3) is 0.929. The summed E-state index contributed by atoms with van der Waals surface area (Å²) in [6.45, 7) is 0.490. The van der Waals surface area contributed by atoms with E-state index in [2.05, 4.69) is 0 Å². The summed E-state index contributed by atoms with van der Waals surface area (Å²) in [7, 11) is 0. The van der Waals surface area contributed by atoms with Gasteiger partial charge in [-0.15, -0.1) is 0 Å². The van der Waals surface area contributed by atoms with Crippen molar-refractivity contribution in [1.82, 2.24) is 0 Å². The van der Waals surface area contributed by atoms with Crippen LogP contribution in [0.3, 0.4) is 0 Å². The molecule has 3 atom stereocenters. The predicted octanol–water partition coefficient (Wildman–Crippen LogP) is 4.88. The highest BCUT2D eigenvalue weighted by molar-refractivity contribution is 5.78. The van der Waals surface area contributed by atoms with Crippen LogP contribution in [0.25, 0.3) is 0 Å². The molecule has 9 aliphatic rings. The maximum Gasteiger partial charge on any atom is 0.312 e. The quantitative estimate of drug-likeness (QED) is 0.476. The minimum absolute atomic E-state index is 0.0299. The first kappa shape index (κ1) is 23.8. The summed E-state index contributed by atoms with van der Waals surface area (Å²) in [5, 5.41) is 0. The van der Waals surface area contributed by atoms with Crippen LogP contribution in [0.2, 0.25) is 0 Å². The molecule has 8 aliphatic carbocycles. The molecule has 1 saturated heterocycles. The number of carbonyl (C=O) groups is 2.